The summed E-state index contributed by atoms with van der Waals surface area (Å²) >= 11 is 0. The van der Waals surface area contributed by atoms with Crippen molar-refractivity contribution < 1.29 is 54.4 Å². The zero-order valence-electron chi connectivity index (χ0n) is 23.3. The van der Waals surface area contributed by atoms with Crippen molar-refractivity contribution in [3.05, 3.63) is 108 Å². The van der Waals surface area contributed by atoms with Gasteiger partial charge in [-0.25, -0.2) is 4.39 Å². The van der Waals surface area contributed by atoms with E-state index in [1.807, 2.05) is 12.1 Å². The summed E-state index contributed by atoms with van der Waals surface area (Å²) in [6.45, 7) is 0. The lowest BCUT2D eigenvalue weighted by Gasteiger charge is -2.22. The SMILES string of the molecule is COc1ccc(-c2ccc(OC(F)C(F)Oc3ccc(C(c4ccc(OC(F)C(F)OC)cc4)C(F)(F)F)cc3)cc2)cc1. The Balaban J connectivity index is 1.38. The van der Waals surface area contributed by atoms with Crippen LogP contribution in [0, 0.1) is 0 Å². The van der Waals surface area contributed by atoms with Crippen LogP contribution in [-0.4, -0.2) is 45.8 Å². The molecule has 0 saturated carbocycles. The van der Waals surface area contributed by atoms with E-state index in [2.05, 4.69) is 9.47 Å². The van der Waals surface area contributed by atoms with Crippen molar-refractivity contribution in [1.82, 2.24) is 0 Å². The van der Waals surface area contributed by atoms with Crippen LogP contribution in [0.4, 0.5) is 30.7 Å². The maximum absolute atomic E-state index is 14.5. The molecule has 0 fully saturated rings. The fourth-order valence-corrected chi connectivity index (χ4v) is 4.22. The molecule has 0 heterocycles. The van der Waals surface area contributed by atoms with Crippen LogP contribution in [0.2, 0.25) is 0 Å². The number of halogens is 7. The molecule has 5 atom stereocenters. The maximum atomic E-state index is 14.5. The number of methoxy groups -OCH3 is 2. The van der Waals surface area contributed by atoms with Crippen molar-refractivity contribution in [2.45, 2.75) is 37.5 Å². The first-order chi connectivity index (χ1) is 21.0. The van der Waals surface area contributed by atoms with Crippen LogP contribution in [0.3, 0.4) is 0 Å². The lowest BCUT2D eigenvalue weighted by atomic mass is 9.90. The van der Waals surface area contributed by atoms with Crippen LogP contribution in [0.1, 0.15) is 17.0 Å². The molecule has 0 amide bonds. The van der Waals surface area contributed by atoms with Crippen LogP contribution < -0.4 is 18.9 Å². The molecule has 4 aromatic carbocycles. The molecule has 44 heavy (non-hydrogen) atoms. The Hall–Kier alpha value is -4.45. The van der Waals surface area contributed by atoms with E-state index in [1.165, 1.54) is 12.1 Å². The molecule has 234 valence electrons. The zero-order chi connectivity index (χ0) is 31.9. The Kier molecular flexibility index (Phi) is 10.6. The van der Waals surface area contributed by atoms with E-state index in [-0.39, 0.29) is 28.4 Å². The van der Waals surface area contributed by atoms with Crippen molar-refractivity contribution in [3.63, 3.8) is 0 Å². The second-order valence-corrected chi connectivity index (χ2v) is 9.36. The summed E-state index contributed by atoms with van der Waals surface area (Å²) in [7, 11) is 2.48. The van der Waals surface area contributed by atoms with Crippen molar-refractivity contribution in [2.75, 3.05) is 14.2 Å². The summed E-state index contributed by atoms with van der Waals surface area (Å²) in [5.41, 5.74) is 1.21. The molecule has 5 unspecified atom stereocenters. The number of ether oxygens (including phenoxy) is 5. The molecule has 0 saturated heterocycles. The van der Waals surface area contributed by atoms with Gasteiger partial charge in [-0.1, -0.05) is 48.5 Å². The third-order valence-electron chi connectivity index (χ3n) is 6.42. The highest BCUT2D eigenvalue weighted by Crippen LogP contribution is 2.41. The van der Waals surface area contributed by atoms with E-state index in [9.17, 15) is 30.7 Å². The van der Waals surface area contributed by atoms with Crippen molar-refractivity contribution in [1.29, 1.82) is 0 Å². The van der Waals surface area contributed by atoms with E-state index < -0.39 is 37.5 Å². The summed E-state index contributed by atoms with van der Waals surface area (Å²) in [5, 5.41) is 0. The number of benzene rings is 4. The topological polar surface area (TPSA) is 46.2 Å². The smallest absolute Gasteiger partial charge is 0.399 e. The minimum atomic E-state index is -4.75. The third-order valence-corrected chi connectivity index (χ3v) is 6.42. The molecule has 4 rings (SSSR count). The number of hydrogen-bond acceptors (Lipinski definition) is 5. The van der Waals surface area contributed by atoms with Gasteiger partial charge in [-0.15, -0.1) is 0 Å². The summed E-state index contributed by atoms with van der Waals surface area (Å²) in [6.07, 6.45) is -14.7. The van der Waals surface area contributed by atoms with Crippen LogP contribution in [0.25, 0.3) is 11.1 Å². The Bertz CT molecular complexity index is 1450. The summed E-state index contributed by atoms with van der Waals surface area (Å²) in [4.78, 5) is 0. The number of hydrogen-bond donors (Lipinski definition) is 0. The Morgan fingerprint density at radius 3 is 1.09 bits per heavy atom. The molecule has 0 radical (unpaired) electrons. The first-order valence-corrected chi connectivity index (χ1v) is 13.1. The van der Waals surface area contributed by atoms with E-state index in [0.717, 1.165) is 66.8 Å². The van der Waals surface area contributed by atoms with Gasteiger partial charge < -0.3 is 23.7 Å². The molecule has 0 spiro atoms. The molecule has 0 bridgehead atoms. The van der Waals surface area contributed by atoms with Crippen molar-refractivity contribution >= 4 is 0 Å². The van der Waals surface area contributed by atoms with Gasteiger partial charge in [0.15, 0.2) is 0 Å². The molecular formula is C32H27F7O5. The average molecular weight is 625 g/mol. The molecular weight excluding hydrogens is 597 g/mol. The lowest BCUT2D eigenvalue weighted by molar-refractivity contribution is -0.141. The summed E-state index contributed by atoms with van der Waals surface area (Å²) < 4.78 is 122. The molecule has 0 aliphatic rings. The van der Waals surface area contributed by atoms with Crippen molar-refractivity contribution in [3.8, 4) is 34.1 Å². The molecule has 4 aromatic rings. The zero-order valence-corrected chi connectivity index (χ0v) is 23.3. The highest BCUT2D eigenvalue weighted by atomic mass is 19.4. The molecule has 0 N–H and O–H groups in total. The quantitative estimate of drug-likeness (QED) is 0.139. The molecule has 5 nitrogen and oxygen atoms in total. The molecule has 0 aromatic heterocycles. The molecule has 0 aliphatic heterocycles. The van der Waals surface area contributed by atoms with Gasteiger partial charge >= 0.3 is 18.9 Å². The second kappa shape index (κ2) is 14.3. The lowest BCUT2D eigenvalue weighted by Crippen LogP contribution is -2.29. The minimum Gasteiger partial charge on any atom is -0.497 e. The fourth-order valence-electron chi connectivity index (χ4n) is 4.22. The Labute approximate surface area is 248 Å². The minimum absolute atomic E-state index is 0.0334. The van der Waals surface area contributed by atoms with E-state index in [1.54, 1.807) is 31.4 Å². The van der Waals surface area contributed by atoms with Gasteiger partial charge in [-0.05, 0) is 70.8 Å². The first-order valence-electron chi connectivity index (χ1n) is 13.1. The van der Waals surface area contributed by atoms with Gasteiger partial charge in [0, 0.05) is 7.11 Å². The Morgan fingerprint density at radius 2 is 0.773 bits per heavy atom. The van der Waals surface area contributed by atoms with E-state index in [4.69, 9.17) is 14.2 Å². The van der Waals surface area contributed by atoms with Crippen LogP contribution in [0.15, 0.2) is 97.1 Å². The second-order valence-electron chi connectivity index (χ2n) is 9.36. The predicted octanol–water partition coefficient (Wildman–Crippen LogP) is 8.72. The van der Waals surface area contributed by atoms with E-state index >= 15 is 0 Å². The average Bonchev–Trinajstić information content (AvgIpc) is 3.02. The van der Waals surface area contributed by atoms with Gasteiger partial charge in [0.2, 0.25) is 0 Å². The van der Waals surface area contributed by atoms with Crippen LogP contribution in [0.5, 0.6) is 23.0 Å². The normalized spacial score (nSPS) is 15.0. The van der Waals surface area contributed by atoms with Gasteiger partial charge in [0.1, 0.15) is 28.9 Å². The van der Waals surface area contributed by atoms with Gasteiger partial charge in [-0.3, -0.25) is 0 Å². The third kappa shape index (κ3) is 8.34. The highest BCUT2D eigenvalue weighted by Gasteiger charge is 2.42. The monoisotopic (exact) mass is 624 g/mol. The summed E-state index contributed by atoms with van der Waals surface area (Å²) in [6, 6.07) is 21.9. The standard InChI is InChI=1S/C32H27F7O5/c1-40-23-11-3-19(4-12-23)20-5-13-24(14-6-20)43-30(35)31(36)44-26-17-9-22(10-18-26)27(32(37,38)39)21-7-15-25(16-8-21)42-29(34)28(33)41-2/h3-18,27-31H,1-2H3. The number of rotatable bonds is 13. The van der Waals surface area contributed by atoms with Crippen molar-refractivity contribution in [2.24, 2.45) is 0 Å². The Morgan fingerprint density at radius 1 is 0.455 bits per heavy atom. The first kappa shape index (κ1) is 32.5. The fraction of sp³-hybridized carbons (Fsp3) is 0.250. The van der Waals surface area contributed by atoms with Gasteiger partial charge in [0.25, 0.3) is 12.7 Å². The number of alkyl halides is 7. The van der Waals surface area contributed by atoms with Gasteiger partial charge in [0.05, 0.1) is 7.11 Å². The van der Waals surface area contributed by atoms with Crippen LogP contribution in [-0.2, 0) is 4.74 Å². The predicted molar refractivity (Wildman–Crippen MR) is 148 cm³/mol. The molecule has 12 heteroatoms. The maximum Gasteiger partial charge on any atom is 0.399 e. The summed E-state index contributed by atoms with van der Waals surface area (Å²) in [5.74, 6) is -1.86. The largest absolute Gasteiger partial charge is 0.497 e. The van der Waals surface area contributed by atoms with E-state index in [0.29, 0.717) is 5.75 Å². The van der Waals surface area contributed by atoms with Gasteiger partial charge in [-0.2, -0.15) is 26.3 Å². The van der Waals surface area contributed by atoms with Crippen LogP contribution >= 0.6 is 0 Å². The molecule has 0 aliphatic carbocycles. The highest BCUT2D eigenvalue weighted by molar-refractivity contribution is 5.64.